The average molecular weight is 373 g/mol. The van der Waals surface area contributed by atoms with Crippen LogP contribution in [0.4, 0.5) is 23.1 Å². The van der Waals surface area contributed by atoms with Crippen molar-refractivity contribution in [1.29, 1.82) is 0 Å². The number of hydrogen-bond donors (Lipinski definition) is 1. The fraction of sp³-hybridized carbons (Fsp3) is 0.471. The van der Waals surface area contributed by atoms with Crippen LogP contribution in [0.25, 0.3) is 0 Å². The number of aromatic nitrogens is 3. The van der Waals surface area contributed by atoms with E-state index in [2.05, 4.69) is 25.2 Å². The first kappa shape index (κ1) is 18.8. The Hall–Kier alpha value is -3.01. The van der Waals surface area contributed by atoms with Crippen LogP contribution in [0.5, 0.6) is 0 Å². The summed E-state index contributed by atoms with van der Waals surface area (Å²) in [6, 6.07) is 5.79. The second-order valence-corrected chi connectivity index (χ2v) is 6.09. The van der Waals surface area contributed by atoms with E-state index in [0.29, 0.717) is 32.1 Å². The largest absolute Gasteiger partial charge is 0.385 e. The van der Waals surface area contributed by atoms with Crippen LogP contribution >= 0.6 is 0 Å². The molecule has 0 saturated carbocycles. The first-order chi connectivity index (χ1) is 13.2. The van der Waals surface area contributed by atoms with Crippen LogP contribution in [0, 0.1) is 10.1 Å². The zero-order valence-electron chi connectivity index (χ0n) is 15.2. The fourth-order valence-corrected chi connectivity index (χ4v) is 3.01. The summed E-state index contributed by atoms with van der Waals surface area (Å²) in [7, 11) is 1.62. The van der Waals surface area contributed by atoms with Gasteiger partial charge in [-0.1, -0.05) is 6.07 Å². The van der Waals surface area contributed by atoms with Crippen molar-refractivity contribution in [2.24, 2.45) is 0 Å². The molecule has 1 fully saturated rings. The Kier molecular flexibility index (Phi) is 6.31. The molecule has 0 spiro atoms. The van der Waals surface area contributed by atoms with E-state index in [1.165, 1.54) is 6.33 Å². The van der Waals surface area contributed by atoms with Gasteiger partial charge in [0.25, 0.3) is 0 Å². The normalized spacial score (nSPS) is 14.3. The molecule has 2 aromatic heterocycles. The van der Waals surface area contributed by atoms with Gasteiger partial charge >= 0.3 is 5.69 Å². The number of nitrogens with one attached hydrogen (secondary N) is 1. The number of rotatable bonds is 8. The first-order valence-corrected chi connectivity index (χ1v) is 8.84. The monoisotopic (exact) mass is 373 g/mol. The molecule has 3 rings (SSSR count). The summed E-state index contributed by atoms with van der Waals surface area (Å²) in [6.07, 6.45) is 3.86. The van der Waals surface area contributed by atoms with E-state index >= 15 is 0 Å². The Labute approximate surface area is 157 Å². The van der Waals surface area contributed by atoms with Gasteiger partial charge in [-0.2, -0.15) is 0 Å². The zero-order chi connectivity index (χ0) is 19.1. The van der Waals surface area contributed by atoms with Crippen molar-refractivity contribution in [3.05, 3.63) is 40.8 Å². The molecule has 0 bridgehead atoms. The number of ether oxygens (including phenoxy) is 1. The standard InChI is InChI=1S/C17H23N7O3/c1-27-12-4-7-19-16-15(24(25)26)17(21-13-20-16)23-10-8-22(9-11-23)14-5-2-3-6-18-14/h2-3,5-6,13H,4,7-12H2,1H3,(H,19,20,21). The van der Waals surface area contributed by atoms with Gasteiger partial charge in [0.05, 0.1) is 4.92 Å². The van der Waals surface area contributed by atoms with E-state index in [1.807, 2.05) is 23.1 Å². The maximum absolute atomic E-state index is 11.7. The summed E-state index contributed by atoms with van der Waals surface area (Å²) in [5.74, 6) is 1.51. The number of methoxy groups -OCH3 is 1. The van der Waals surface area contributed by atoms with Gasteiger partial charge in [-0.3, -0.25) is 10.1 Å². The van der Waals surface area contributed by atoms with E-state index < -0.39 is 4.92 Å². The van der Waals surface area contributed by atoms with Gasteiger partial charge in [0.2, 0.25) is 11.6 Å². The maximum atomic E-state index is 11.7. The fourth-order valence-electron chi connectivity index (χ4n) is 3.01. The van der Waals surface area contributed by atoms with Crippen LogP contribution in [0.1, 0.15) is 6.42 Å². The minimum atomic E-state index is -0.418. The van der Waals surface area contributed by atoms with Crippen LogP contribution in [-0.4, -0.2) is 66.3 Å². The highest BCUT2D eigenvalue weighted by Crippen LogP contribution is 2.32. The molecule has 0 radical (unpaired) electrons. The molecule has 0 atom stereocenters. The predicted molar refractivity (Wildman–Crippen MR) is 102 cm³/mol. The van der Waals surface area contributed by atoms with E-state index in [1.54, 1.807) is 13.3 Å². The number of pyridine rings is 1. The van der Waals surface area contributed by atoms with Gasteiger partial charge in [0.15, 0.2) is 0 Å². The molecule has 0 aromatic carbocycles. The number of nitrogens with zero attached hydrogens (tertiary/aromatic N) is 6. The molecule has 1 aliphatic heterocycles. The Morgan fingerprint density at radius 3 is 2.63 bits per heavy atom. The Morgan fingerprint density at radius 2 is 1.96 bits per heavy atom. The summed E-state index contributed by atoms with van der Waals surface area (Å²) < 4.78 is 5.00. The third-order valence-corrected chi connectivity index (χ3v) is 4.36. The lowest BCUT2D eigenvalue weighted by Crippen LogP contribution is -2.47. The van der Waals surface area contributed by atoms with Crippen molar-refractivity contribution in [2.45, 2.75) is 6.42 Å². The lowest BCUT2D eigenvalue weighted by molar-refractivity contribution is -0.383. The smallest absolute Gasteiger partial charge is 0.353 e. The third kappa shape index (κ3) is 4.59. The van der Waals surface area contributed by atoms with Crippen LogP contribution < -0.4 is 15.1 Å². The van der Waals surface area contributed by atoms with Crippen molar-refractivity contribution < 1.29 is 9.66 Å². The van der Waals surface area contributed by atoms with Gasteiger partial charge in [0.1, 0.15) is 12.1 Å². The molecule has 1 N–H and O–H groups in total. The van der Waals surface area contributed by atoms with Crippen LogP contribution in [-0.2, 0) is 4.74 Å². The van der Waals surface area contributed by atoms with Crippen molar-refractivity contribution in [2.75, 3.05) is 61.6 Å². The quantitative estimate of drug-likeness (QED) is 0.419. The van der Waals surface area contributed by atoms with E-state index in [-0.39, 0.29) is 11.5 Å². The highest BCUT2D eigenvalue weighted by Gasteiger charge is 2.29. The van der Waals surface area contributed by atoms with E-state index in [9.17, 15) is 10.1 Å². The molecule has 3 heterocycles. The second kappa shape index (κ2) is 9.08. The number of nitro groups is 1. The SMILES string of the molecule is COCCCNc1ncnc(N2CCN(c3ccccn3)CC2)c1[N+](=O)[O-]. The Bertz CT molecular complexity index is 751. The molecule has 10 nitrogen and oxygen atoms in total. The van der Waals surface area contributed by atoms with Crippen molar-refractivity contribution in [3.8, 4) is 0 Å². The van der Waals surface area contributed by atoms with Gasteiger partial charge in [-0.15, -0.1) is 0 Å². The summed E-state index contributed by atoms with van der Waals surface area (Å²) in [6.45, 7) is 3.80. The number of anilines is 3. The third-order valence-electron chi connectivity index (χ3n) is 4.36. The molecule has 1 aliphatic rings. The minimum absolute atomic E-state index is 0.0822. The van der Waals surface area contributed by atoms with E-state index in [0.717, 1.165) is 25.3 Å². The van der Waals surface area contributed by atoms with Gasteiger partial charge in [0, 0.05) is 52.6 Å². The highest BCUT2D eigenvalue weighted by atomic mass is 16.6. The van der Waals surface area contributed by atoms with Crippen LogP contribution in [0.3, 0.4) is 0 Å². The molecule has 0 aliphatic carbocycles. The molecule has 144 valence electrons. The summed E-state index contributed by atoms with van der Waals surface area (Å²) in [4.78, 5) is 28.0. The van der Waals surface area contributed by atoms with Gasteiger partial charge in [-0.25, -0.2) is 15.0 Å². The molecule has 2 aromatic rings. The van der Waals surface area contributed by atoms with Crippen molar-refractivity contribution in [3.63, 3.8) is 0 Å². The first-order valence-electron chi connectivity index (χ1n) is 8.84. The van der Waals surface area contributed by atoms with Gasteiger partial charge in [-0.05, 0) is 18.6 Å². The molecular weight excluding hydrogens is 350 g/mol. The molecule has 10 heteroatoms. The highest BCUT2D eigenvalue weighted by molar-refractivity contribution is 5.70. The molecule has 0 unspecified atom stereocenters. The minimum Gasteiger partial charge on any atom is -0.385 e. The molecule has 0 amide bonds. The van der Waals surface area contributed by atoms with Crippen LogP contribution in [0.15, 0.2) is 30.7 Å². The zero-order valence-corrected chi connectivity index (χ0v) is 15.2. The summed E-state index contributed by atoms with van der Waals surface area (Å²) >= 11 is 0. The average Bonchev–Trinajstić information content (AvgIpc) is 2.71. The number of hydrogen-bond acceptors (Lipinski definition) is 9. The van der Waals surface area contributed by atoms with Crippen molar-refractivity contribution >= 4 is 23.1 Å². The maximum Gasteiger partial charge on any atom is 0.353 e. The predicted octanol–water partition coefficient (Wildman–Crippen LogP) is 1.55. The van der Waals surface area contributed by atoms with Crippen LogP contribution in [0.2, 0.25) is 0 Å². The Balaban J connectivity index is 1.72. The summed E-state index contributed by atoms with van der Waals surface area (Å²) in [5.41, 5.74) is -0.0822. The number of piperazine rings is 1. The lowest BCUT2D eigenvalue weighted by Gasteiger charge is -2.35. The molecule has 27 heavy (non-hydrogen) atoms. The molecule has 1 saturated heterocycles. The topological polar surface area (TPSA) is 110 Å². The summed E-state index contributed by atoms with van der Waals surface area (Å²) in [5, 5.41) is 14.7. The van der Waals surface area contributed by atoms with Crippen molar-refractivity contribution in [1.82, 2.24) is 15.0 Å². The second-order valence-electron chi connectivity index (χ2n) is 6.09. The molecular formula is C17H23N7O3. The van der Waals surface area contributed by atoms with E-state index in [4.69, 9.17) is 4.74 Å². The van der Waals surface area contributed by atoms with Gasteiger partial charge < -0.3 is 19.9 Å². The lowest BCUT2D eigenvalue weighted by atomic mass is 10.2. The Morgan fingerprint density at radius 1 is 1.19 bits per heavy atom.